The van der Waals surface area contributed by atoms with Crippen molar-refractivity contribution in [2.45, 2.75) is 32.1 Å². The summed E-state index contributed by atoms with van der Waals surface area (Å²) >= 11 is 1.17. The Balaban J connectivity index is 1.58. The van der Waals surface area contributed by atoms with Crippen molar-refractivity contribution in [3.05, 3.63) is 16.3 Å². The second-order valence-corrected chi connectivity index (χ2v) is 7.19. The summed E-state index contributed by atoms with van der Waals surface area (Å²) in [6.07, 6.45) is 3.48. The molecule has 134 valence electrons. The van der Waals surface area contributed by atoms with E-state index in [4.69, 9.17) is 0 Å². The molecule has 0 bridgehead atoms. The predicted molar refractivity (Wildman–Crippen MR) is 91.1 cm³/mol. The van der Waals surface area contributed by atoms with Gasteiger partial charge in [-0.1, -0.05) is 12.8 Å². The van der Waals surface area contributed by atoms with E-state index in [1.807, 2.05) is 0 Å². The fourth-order valence-electron chi connectivity index (χ4n) is 3.54. The largest absolute Gasteiger partial charge is 0.465 e. The number of ether oxygens (including phenoxy) is 1. The number of carbonyl (C=O) groups excluding carboxylic acids is 4. The first-order valence-corrected chi connectivity index (χ1v) is 9.21. The van der Waals surface area contributed by atoms with Crippen molar-refractivity contribution >= 4 is 40.7 Å². The first-order chi connectivity index (χ1) is 12.0. The second-order valence-electron chi connectivity index (χ2n) is 6.28. The standard InChI is InChI=1S/C17H20N2O5S/c1-24-17(23)14-12(7-9-25-14)18-13(20)6-8-19-15(21)10-4-2-3-5-11(10)16(19)22/h7,9-11H,2-6,8H2,1H3,(H,18,20)/t10-,11-/m0/s1. The number of nitrogens with zero attached hydrogens (tertiary/aromatic N) is 1. The maximum Gasteiger partial charge on any atom is 0.350 e. The molecule has 8 heteroatoms. The normalized spacial score (nSPS) is 22.7. The van der Waals surface area contributed by atoms with Crippen LogP contribution in [-0.4, -0.2) is 42.2 Å². The lowest BCUT2D eigenvalue weighted by molar-refractivity contribution is -0.140. The minimum atomic E-state index is -0.515. The van der Waals surface area contributed by atoms with Crippen molar-refractivity contribution in [1.29, 1.82) is 0 Å². The molecule has 2 aliphatic rings. The third-order valence-corrected chi connectivity index (χ3v) is 5.70. The van der Waals surface area contributed by atoms with Crippen molar-refractivity contribution < 1.29 is 23.9 Å². The molecule has 1 saturated heterocycles. The van der Waals surface area contributed by atoms with Gasteiger partial charge in [-0.3, -0.25) is 19.3 Å². The number of thiophene rings is 1. The molecule has 1 aliphatic carbocycles. The number of hydrogen-bond donors (Lipinski definition) is 1. The summed E-state index contributed by atoms with van der Waals surface area (Å²) in [7, 11) is 1.28. The lowest BCUT2D eigenvalue weighted by Crippen LogP contribution is -2.34. The molecule has 0 spiro atoms. The van der Waals surface area contributed by atoms with Crippen LogP contribution in [0.25, 0.3) is 0 Å². The molecule has 2 atom stereocenters. The summed E-state index contributed by atoms with van der Waals surface area (Å²) in [6, 6.07) is 1.62. The molecular formula is C17H20N2O5S. The second kappa shape index (κ2) is 7.35. The summed E-state index contributed by atoms with van der Waals surface area (Å²) in [5.41, 5.74) is 0.384. The molecule has 1 aromatic rings. The Labute approximate surface area is 149 Å². The van der Waals surface area contributed by atoms with Crippen LogP contribution in [0.4, 0.5) is 5.69 Å². The molecule has 3 amide bonds. The van der Waals surface area contributed by atoms with Crippen LogP contribution >= 0.6 is 11.3 Å². The van der Waals surface area contributed by atoms with E-state index in [2.05, 4.69) is 10.1 Å². The smallest absolute Gasteiger partial charge is 0.350 e. The highest BCUT2D eigenvalue weighted by Gasteiger charge is 2.47. The fourth-order valence-corrected chi connectivity index (χ4v) is 4.30. The van der Waals surface area contributed by atoms with Gasteiger partial charge in [-0.25, -0.2) is 4.79 Å². The third kappa shape index (κ3) is 3.44. The molecule has 1 N–H and O–H groups in total. The maximum atomic E-state index is 12.4. The number of esters is 1. The summed E-state index contributed by atoms with van der Waals surface area (Å²) in [5, 5.41) is 4.32. The Kier molecular flexibility index (Phi) is 5.17. The zero-order chi connectivity index (χ0) is 18.0. The lowest BCUT2D eigenvalue weighted by Gasteiger charge is -2.19. The van der Waals surface area contributed by atoms with Crippen LogP contribution in [0, 0.1) is 11.8 Å². The van der Waals surface area contributed by atoms with Crippen LogP contribution in [0.5, 0.6) is 0 Å². The van der Waals surface area contributed by atoms with Gasteiger partial charge >= 0.3 is 5.97 Å². The molecule has 1 saturated carbocycles. The van der Waals surface area contributed by atoms with E-state index in [9.17, 15) is 19.2 Å². The van der Waals surface area contributed by atoms with Crippen molar-refractivity contribution in [3.63, 3.8) is 0 Å². The van der Waals surface area contributed by atoms with Gasteiger partial charge < -0.3 is 10.1 Å². The van der Waals surface area contributed by atoms with Gasteiger partial charge in [0, 0.05) is 13.0 Å². The van der Waals surface area contributed by atoms with Crippen LogP contribution in [0.1, 0.15) is 41.8 Å². The number of methoxy groups -OCH3 is 1. The SMILES string of the molecule is COC(=O)c1sccc1NC(=O)CCN1C(=O)[C@H]2CCCC[C@@H]2C1=O. The van der Waals surface area contributed by atoms with Crippen LogP contribution in [0.3, 0.4) is 0 Å². The molecule has 0 aromatic carbocycles. The van der Waals surface area contributed by atoms with E-state index in [0.29, 0.717) is 10.6 Å². The summed E-state index contributed by atoms with van der Waals surface area (Å²) in [5.74, 6) is -1.56. The van der Waals surface area contributed by atoms with Crippen molar-refractivity contribution in [2.75, 3.05) is 19.0 Å². The number of likely N-dealkylation sites (tertiary alicyclic amines) is 1. The molecule has 0 radical (unpaired) electrons. The quantitative estimate of drug-likeness (QED) is 0.637. The third-order valence-electron chi connectivity index (χ3n) is 4.80. The van der Waals surface area contributed by atoms with Crippen LogP contribution in [-0.2, 0) is 19.1 Å². The van der Waals surface area contributed by atoms with Gasteiger partial charge in [0.2, 0.25) is 17.7 Å². The molecular weight excluding hydrogens is 344 g/mol. The first kappa shape index (κ1) is 17.6. The molecule has 1 aliphatic heterocycles. The van der Waals surface area contributed by atoms with Crippen molar-refractivity contribution in [2.24, 2.45) is 11.8 Å². The van der Waals surface area contributed by atoms with E-state index >= 15 is 0 Å². The van der Waals surface area contributed by atoms with Crippen LogP contribution in [0.2, 0.25) is 0 Å². The Morgan fingerprint density at radius 1 is 1.24 bits per heavy atom. The Hall–Kier alpha value is -2.22. The summed E-state index contributed by atoms with van der Waals surface area (Å²) in [4.78, 5) is 50.1. The number of nitrogens with one attached hydrogen (secondary N) is 1. The van der Waals surface area contributed by atoms with Gasteiger partial charge in [-0.05, 0) is 24.3 Å². The van der Waals surface area contributed by atoms with E-state index in [-0.39, 0.29) is 42.5 Å². The number of hydrogen-bond acceptors (Lipinski definition) is 6. The van der Waals surface area contributed by atoms with E-state index < -0.39 is 5.97 Å². The van der Waals surface area contributed by atoms with Gasteiger partial charge in [-0.15, -0.1) is 11.3 Å². The highest BCUT2D eigenvalue weighted by molar-refractivity contribution is 7.12. The molecule has 0 unspecified atom stereocenters. The minimum absolute atomic E-state index is 0.00732. The molecule has 2 heterocycles. The molecule has 25 heavy (non-hydrogen) atoms. The zero-order valence-electron chi connectivity index (χ0n) is 13.9. The monoisotopic (exact) mass is 364 g/mol. The van der Waals surface area contributed by atoms with Gasteiger partial charge in [-0.2, -0.15) is 0 Å². The fraction of sp³-hybridized carbons (Fsp3) is 0.529. The maximum absolute atomic E-state index is 12.4. The number of carbonyl (C=O) groups is 4. The van der Waals surface area contributed by atoms with Gasteiger partial charge in [0.15, 0.2) is 0 Å². The van der Waals surface area contributed by atoms with E-state index in [1.54, 1.807) is 11.4 Å². The van der Waals surface area contributed by atoms with Gasteiger partial charge in [0.05, 0.1) is 24.6 Å². The minimum Gasteiger partial charge on any atom is -0.465 e. The van der Waals surface area contributed by atoms with Gasteiger partial charge in [0.1, 0.15) is 4.88 Å². The number of amides is 3. The molecule has 1 aromatic heterocycles. The van der Waals surface area contributed by atoms with Crippen LogP contribution < -0.4 is 5.32 Å². The lowest BCUT2D eigenvalue weighted by atomic mass is 9.81. The summed E-state index contributed by atoms with van der Waals surface area (Å²) in [6.45, 7) is 0.0776. The first-order valence-electron chi connectivity index (χ1n) is 8.33. The Morgan fingerprint density at radius 2 is 1.88 bits per heavy atom. The topological polar surface area (TPSA) is 92.8 Å². The highest BCUT2D eigenvalue weighted by atomic mass is 32.1. The zero-order valence-corrected chi connectivity index (χ0v) is 14.8. The molecule has 2 fully saturated rings. The Morgan fingerprint density at radius 3 is 2.48 bits per heavy atom. The number of fused-ring (bicyclic) bond motifs is 1. The van der Waals surface area contributed by atoms with Gasteiger partial charge in [0.25, 0.3) is 0 Å². The van der Waals surface area contributed by atoms with E-state index in [0.717, 1.165) is 25.7 Å². The Bertz CT molecular complexity index is 690. The van der Waals surface area contributed by atoms with Crippen molar-refractivity contribution in [3.8, 4) is 0 Å². The summed E-state index contributed by atoms with van der Waals surface area (Å²) < 4.78 is 4.66. The van der Waals surface area contributed by atoms with Crippen molar-refractivity contribution in [1.82, 2.24) is 4.90 Å². The average Bonchev–Trinajstić information content (AvgIpc) is 3.17. The molecule has 3 rings (SSSR count). The van der Waals surface area contributed by atoms with E-state index in [1.165, 1.54) is 23.3 Å². The predicted octanol–water partition coefficient (Wildman–Crippen LogP) is 2.04. The van der Waals surface area contributed by atoms with Crippen LogP contribution in [0.15, 0.2) is 11.4 Å². The number of imide groups is 1. The number of anilines is 1. The average molecular weight is 364 g/mol. The highest BCUT2D eigenvalue weighted by Crippen LogP contribution is 2.38. The number of rotatable bonds is 5. The molecule has 7 nitrogen and oxygen atoms in total.